The maximum absolute atomic E-state index is 12.5. The molecule has 1 saturated heterocycles. The van der Waals surface area contributed by atoms with Crippen LogP contribution in [0.1, 0.15) is 12.8 Å². The molecular formula is C14H15N7O3S3. The third-order valence-corrected chi connectivity index (χ3v) is 6.75. The number of aromatic nitrogens is 4. The molecule has 2 aliphatic heterocycles. The molecule has 0 aliphatic carbocycles. The zero-order valence-electron chi connectivity index (χ0n) is 14.2. The number of hydrogen-bond donors (Lipinski definition) is 2. The van der Waals surface area contributed by atoms with Gasteiger partial charge >= 0.3 is 5.97 Å². The standard InChI is InChI=1S/C14H15N7O3S3/c1-20-14(17-18-19-20)27-6-7-5-26-12-9(16-8(25)3-2-4-15)11(22)21(12)10(7)13(23)24/h9,12H,2-3,5-6H2,1H3,(H,16,25)(H,23,24)/t9?,12-/m1/s1. The first-order valence-electron chi connectivity index (χ1n) is 7.85. The van der Waals surface area contributed by atoms with Crippen LogP contribution in [0.5, 0.6) is 0 Å². The van der Waals surface area contributed by atoms with Crippen LogP contribution in [0.15, 0.2) is 16.4 Å². The van der Waals surface area contributed by atoms with Gasteiger partial charge < -0.3 is 10.4 Å². The highest BCUT2D eigenvalue weighted by atomic mass is 32.2. The molecule has 1 fully saturated rings. The lowest BCUT2D eigenvalue weighted by Gasteiger charge is -2.49. The number of aliphatic carboxylic acids is 1. The van der Waals surface area contributed by atoms with Crippen LogP contribution in [0.3, 0.4) is 0 Å². The van der Waals surface area contributed by atoms with Gasteiger partial charge in [0.15, 0.2) is 0 Å². The van der Waals surface area contributed by atoms with Gasteiger partial charge in [-0.05, 0) is 16.0 Å². The summed E-state index contributed by atoms with van der Waals surface area (Å²) in [6.07, 6.45) is 0.648. The number of carboxylic acid groups (broad SMARTS) is 1. The highest BCUT2D eigenvalue weighted by molar-refractivity contribution is 8.01. The minimum atomic E-state index is -1.13. The minimum Gasteiger partial charge on any atom is -0.477 e. The summed E-state index contributed by atoms with van der Waals surface area (Å²) in [5, 5.41) is 32.6. The Morgan fingerprint density at radius 1 is 1.59 bits per heavy atom. The summed E-state index contributed by atoms with van der Waals surface area (Å²) in [5.41, 5.74) is 0.669. The van der Waals surface area contributed by atoms with E-state index in [0.29, 0.717) is 33.6 Å². The Hall–Kier alpha value is -2.17. The molecule has 13 heteroatoms. The number of nitrogens with zero attached hydrogens (tertiary/aromatic N) is 6. The third kappa shape index (κ3) is 3.92. The average molecular weight is 426 g/mol. The lowest BCUT2D eigenvalue weighted by molar-refractivity contribution is -0.148. The molecule has 1 aromatic heterocycles. The number of tetrazole rings is 1. The van der Waals surface area contributed by atoms with Gasteiger partial charge in [-0.15, -0.1) is 16.9 Å². The van der Waals surface area contributed by atoms with E-state index in [2.05, 4.69) is 20.8 Å². The maximum Gasteiger partial charge on any atom is 0.352 e. The molecule has 1 unspecified atom stereocenters. The molecular weight excluding hydrogens is 410 g/mol. The number of β-lactam (4-membered cyclic amide) rings is 1. The molecule has 1 amide bonds. The van der Waals surface area contributed by atoms with Crippen LogP contribution in [0.25, 0.3) is 0 Å². The normalized spacial score (nSPS) is 21.3. The van der Waals surface area contributed by atoms with Crippen LogP contribution in [0.2, 0.25) is 0 Å². The van der Waals surface area contributed by atoms with Gasteiger partial charge in [-0.2, -0.15) is 5.26 Å². The van der Waals surface area contributed by atoms with Crippen LogP contribution >= 0.6 is 35.7 Å². The van der Waals surface area contributed by atoms with E-state index < -0.39 is 12.0 Å². The van der Waals surface area contributed by atoms with Gasteiger partial charge in [-0.25, -0.2) is 9.48 Å². The van der Waals surface area contributed by atoms with E-state index in [0.717, 1.165) is 0 Å². The Kier molecular flexibility index (Phi) is 5.98. The third-order valence-electron chi connectivity index (χ3n) is 3.99. The number of nitriles is 1. The number of thiocarbonyl (C=S) groups is 1. The monoisotopic (exact) mass is 425 g/mol. The second-order valence-electron chi connectivity index (χ2n) is 5.74. The molecule has 142 valence electrons. The number of aryl methyl sites for hydroxylation is 1. The van der Waals surface area contributed by atoms with E-state index >= 15 is 0 Å². The summed E-state index contributed by atoms with van der Waals surface area (Å²) >= 11 is 7.96. The fraction of sp³-hybridized carbons (Fsp3) is 0.500. The Morgan fingerprint density at radius 2 is 2.37 bits per heavy atom. The number of hydrogen-bond acceptors (Lipinski definition) is 9. The van der Waals surface area contributed by atoms with Crippen LogP contribution in [0, 0.1) is 11.3 Å². The van der Waals surface area contributed by atoms with Gasteiger partial charge in [0, 0.05) is 31.4 Å². The van der Waals surface area contributed by atoms with E-state index in [9.17, 15) is 14.7 Å². The van der Waals surface area contributed by atoms with E-state index in [1.165, 1.54) is 33.1 Å². The van der Waals surface area contributed by atoms with Crippen molar-refractivity contribution >= 4 is 52.6 Å². The quantitative estimate of drug-likeness (QED) is 0.351. The second kappa shape index (κ2) is 8.24. The van der Waals surface area contributed by atoms with Crippen molar-refractivity contribution in [3.63, 3.8) is 0 Å². The molecule has 0 spiro atoms. The Morgan fingerprint density at radius 3 is 3.00 bits per heavy atom. The Labute approximate surface area is 168 Å². The minimum absolute atomic E-state index is 0.0207. The van der Waals surface area contributed by atoms with Gasteiger partial charge in [-0.3, -0.25) is 9.69 Å². The molecule has 0 saturated carbocycles. The first-order chi connectivity index (χ1) is 12.9. The fourth-order valence-corrected chi connectivity index (χ4v) is 5.27. The van der Waals surface area contributed by atoms with Crippen molar-refractivity contribution in [3.8, 4) is 6.07 Å². The summed E-state index contributed by atoms with van der Waals surface area (Å²) in [5.74, 6) is -0.604. The number of thioether (sulfide) groups is 2. The van der Waals surface area contributed by atoms with Crippen molar-refractivity contribution in [1.82, 2.24) is 30.4 Å². The van der Waals surface area contributed by atoms with Gasteiger partial charge in [0.25, 0.3) is 5.91 Å². The number of fused-ring (bicyclic) bond motifs is 1. The fourth-order valence-electron chi connectivity index (χ4n) is 2.70. The predicted octanol–water partition coefficient (Wildman–Crippen LogP) is 0.145. The molecule has 0 radical (unpaired) electrons. The van der Waals surface area contributed by atoms with Crippen LogP contribution in [0.4, 0.5) is 0 Å². The lowest BCUT2D eigenvalue weighted by Crippen LogP contribution is -2.70. The van der Waals surface area contributed by atoms with Crippen molar-refractivity contribution in [2.75, 3.05) is 11.5 Å². The van der Waals surface area contributed by atoms with Crippen molar-refractivity contribution < 1.29 is 14.7 Å². The molecule has 10 nitrogen and oxygen atoms in total. The summed E-state index contributed by atoms with van der Waals surface area (Å²) in [4.78, 5) is 26.1. The zero-order valence-corrected chi connectivity index (χ0v) is 16.6. The molecule has 0 bridgehead atoms. The zero-order chi connectivity index (χ0) is 19.6. The van der Waals surface area contributed by atoms with Gasteiger partial charge in [0.2, 0.25) is 5.16 Å². The summed E-state index contributed by atoms with van der Waals surface area (Å²) in [6, 6.07) is 1.44. The van der Waals surface area contributed by atoms with Crippen molar-refractivity contribution in [1.29, 1.82) is 5.26 Å². The van der Waals surface area contributed by atoms with Crippen molar-refractivity contribution in [2.24, 2.45) is 7.05 Å². The predicted molar refractivity (Wildman–Crippen MR) is 102 cm³/mol. The number of rotatable bonds is 7. The topological polar surface area (TPSA) is 137 Å². The first-order valence-corrected chi connectivity index (χ1v) is 10.3. The van der Waals surface area contributed by atoms with Gasteiger partial charge in [0.1, 0.15) is 17.1 Å². The highest BCUT2D eigenvalue weighted by Crippen LogP contribution is 2.41. The van der Waals surface area contributed by atoms with Crippen LogP contribution < -0.4 is 5.32 Å². The smallest absolute Gasteiger partial charge is 0.352 e. The molecule has 2 aliphatic rings. The van der Waals surface area contributed by atoms with Crippen LogP contribution in [-0.4, -0.2) is 70.0 Å². The molecule has 27 heavy (non-hydrogen) atoms. The van der Waals surface area contributed by atoms with Crippen molar-refractivity contribution in [2.45, 2.75) is 29.4 Å². The van der Waals surface area contributed by atoms with Gasteiger partial charge in [0.05, 0.1) is 11.1 Å². The molecule has 2 atom stereocenters. The Balaban J connectivity index is 1.71. The maximum atomic E-state index is 12.5. The number of carbonyl (C=O) groups excluding carboxylic acids is 1. The Bertz CT molecular complexity index is 862. The number of nitrogens with one attached hydrogen (secondary N) is 1. The number of carboxylic acids is 1. The molecule has 1 aromatic rings. The van der Waals surface area contributed by atoms with E-state index in [1.807, 2.05) is 6.07 Å². The highest BCUT2D eigenvalue weighted by Gasteiger charge is 2.53. The number of amides is 1. The van der Waals surface area contributed by atoms with E-state index in [1.54, 1.807) is 7.05 Å². The summed E-state index contributed by atoms with van der Waals surface area (Å²) in [6.45, 7) is 0. The second-order valence-corrected chi connectivity index (χ2v) is 8.28. The summed E-state index contributed by atoms with van der Waals surface area (Å²) < 4.78 is 1.50. The average Bonchev–Trinajstić information content (AvgIpc) is 3.06. The lowest BCUT2D eigenvalue weighted by atomic mass is 10.0. The largest absolute Gasteiger partial charge is 0.477 e. The van der Waals surface area contributed by atoms with E-state index in [4.69, 9.17) is 17.5 Å². The molecule has 2 N–H and O–H groups in total. The first kappa shape index (κ1) is 19.6. The van der Waals surface area contributed by atoms with Gasteiger partial charge in [-0.1, -0.05) is 24.0 Å². The molecule has 3 heterocycles. The summed E-state index contributed by atoms with van der Waals surface area (Å²) in [7, 11) is 1.70. The van der Waals surface area contributed by atoms with E-state index in [-0.39, 0.29) is 23.4 Å². The SMILES string of the molecule is Cn1nnnc1SCC1=C(C(=O)O)N2C(=O)C(NC(=S)CCC#N)[C@H]2SC1. The number of carbonyl (C=O) groups is 2. The van der Waals surface area contributed by atoms with Crippen LogP contribution in [-0.2, 0) is 16.6 Å². The molecule has 3 rings (SSSR count). The molecule has 0 aromatic carbocycles. The van der Waals surface area contributed by atoms with Crippen molar-refractivity contribution in [3.05, 3.63) is 11.3 Å².